The molecule has 2 aromatic heterocycles. The van der Waals surface area contributed by atoms with Gasteiger partial charge in [0.1, 0.15) is 22.1 Å². The SMILES string of the molecule is COc1ccc(CN(Cc2ccc(OC)cc2)S(=O)(=O)c2c(C(F)(F)F)ccc(-c3cccc4c[n+]([O-])ccc34)c2-c2nnn(Cc3ccc(OC)cc3)n2)cc1. The number of nitrogens with zero attached hydrogens (tertiary/aromatic N) is 6. The van der Waals surface area contributed by atoms with E-state index in [1.54, 1.807) is 91.0 Å². The number of methoxy groups -OCH3 is 3. The Labute approximate surface area is 325 Å². The molecule has 0 saturated carbocycles. The van der Waals surface area contributed by atoms with E-state index in [2.05, 4.69) is 15.4 Å². The van der Waals surface area contributed by atoms with Crippen LogP contribution in [0.25, 0.3) is 33.3 Å². The first-order valence-corrected chi connectivity index (χ1v) is 18.8. The summed E-state index contributed by atoms with van der Waals surface area (Å²) >= 11 is 0. The molecule has 57 heavy (non-hydrogen) atoms. The molecule has 0 radical (unpaired) electrons. The van der Waals surface area contributed by atoms with E-state index < -0.39 is 32.2 Å². The standard InChI is InChI=1S/C41H35F3N6O6S/c1-54-31-13-7-27(8-14-31)23-49(24-28-9-15-32(55-2)16-10-28)57(52,53)39-37(41(42,43)44)20-19-36(35-6-4-5-30-26-48(51)22-21-34(30)35)38(39)40-45-47-50(46-40)25-29-11-17-33(56-3)18-12-29/h4-22,26H,23-25H2,1-3H3. The summed E-state index contributed by atoms with van der Waals surface area (Å²) in [6.45, 7) is -0.560. The molecule has 0 saturated heterocycles. The number of tetrazole rings is 1. The fourth-order valence-corrected chi connectivity index (χ4v) is 8.31. The van der Waals surface area contributed by atoms with Crippen LogP contribution >= 0.6 is 0 Å². The maximum atomic E-state index is 15.3. The van der Waals surface area contributed by atoms with Crippen molar-refractivity contribution in [3.63, 3.8) is 0 Å². The van der Waals surface area contributed by atoms with Crippen molar-refractivity contribution >= 4 is 20.8 Å². The molecule has 12 nitrogen and oxygen atoms in total. The second kappa shape index (κ2) is 15.9. The van der Waals surface area contributed by atoms with Gasteiger partial charge in [-0.15, -0.1) is 10.2 Å². The van der Waals surface area contributed by atoms with Crippen molar-refractivity contribution in [2.75, 3.05) is 21.3 Å². The van der Waals surface area contributed by atoms with Crippen LogP contribution in [-0.4, -0.2) is 54.3 Å². The molecular weight excluding hydrogens is 762 g/mol. The number of hydrogen-bond acceptors (Lipinski definition) is 9. The maximum absolute atomic E-state index is 15.3. The lowest BCUT2D eigenvalue weighted by Gasteiger charge is -2.27. The van der Waals surface area contributed by atoms with Crippen LogP contribution in [0.15, 0.2) is 126 Å². The highest BCUT2D eigenvalue weighted by Crippen LogP contribution is 2.46. The monoisotopic (exact) mass is 796 g/mol. The Bertz CT molecular complexity index is 2590. The molecule has 7 rings (SSSR count). The third-order valence-electron chi connectivity index (χ3n) is 9.34. The Morgan fingerprint density at radius 2 is 1.30 bits per heavy atom. The minimum atomic E-state index is -5.15. The van der Waals surface area contributed by atoms with Crippen LogP contribution in [-0.2, 0) is 35.8 Å². The number of hydrogen-bond donors (Lipinski definition) is 0. The largest absolute Gasteiger partial charge is 0.619 e. The van der Waals surface area contributed by atoms with E-state index in [1.165, 1.54) is 50.7 Å². The summed E-state index contributed by atoms with van der Waals surface area (Å²) in [4.78, 5) is 0.124. The molecule has 0 atom stereocenters. The quantitative estimate of drug-likeness (QED) is 0.0872. The predicted octanol–water partition coefficient (Wildman–Crippen LogP) is 7.28. The number of ether oxygens (including phenoxy) is 3. The molecule has 0 amide bonds. The molecule has 0 aliphatic carbocycles. The van der Waals surface area contributed by atoms with E-state index in [0.29, 0.717) is 49.4 Å². The number of alkyl halides is 3. The van der Waals surface area contributed by atoms with Gasteiger partial charge in [-0.05, 0) is 81.6 Å². The average molecular weight is 797 g/mol. The number of halogens is 3. The van der Waals surface area contributed by atoms with Crippen molar-refractivity contribution in [2.45, 2.75) is 30.7 Å². The van der Waals surface area contributed by atoms with Gasteiger partial charge in [0, 0.05) is 29.9 Å². The van der Waals surface area contributed by atoms with Crippen molar-refractivity contribution in [1.82, 2.24) is 24.5 Å². The van der Waals surface area contributed by atoms with Crippen molar-refractivity contribution in [3.8, 4) is 39.8 Å². The molecule has 2 heterocycles. The van der Waals surface area contributed by atoms with E-state index in [1.807, 2.05) is 0 Å². The maximum Gasteiger partial charge on any atom is 0.417 e. The van der Waals surface area contributed by atoms with Gasteiger partial charge in [-0.1, -0.05) is 54.6 Å². The molecule has 16 heteroatoms. The van der Waals surface area contributed by atoms with Crippen LogP contribution < -0.4 is 18.9 Å². The predicted molar refractivity (Wildman–Crippen MR) is 205 cm³/mol. The summed E-state index contributed by atoms with van der Waals surface area (Å²) in [7, 11) is -0.605. The molecule has 0 aliphatic rings. The first-order chi connectivity index (χ1) is 27.4. The van der Waals surface area contributed by atoms with Crippen molar-refractivity contribution < 1.29 is 40.5 Å². The Balaban J connectivity index is 1.48. The fraction of sp³-hybridized carbons (Fsp3) is 0.171. The van der Waals surface area contributed by atoms with Crippen LogP contribution in [0.4, 0.5) is 13.2 Å². The smallest absolute Gasteiger partial charge is 0.417 e. The van der Waals surface area contributed by atoms with Crippen LogP contribution in [0.3, 0.4) is 0 Å². The molecule has 292 valence electrons. The third-order valence-corrected chi connectivity index (χ3v) is 11.2. The van der Waals surface area contributed by atoms with Crippen LogP contribution in [0, 0.1) is 5.21 Å². The summed E-state index contributed by atoms with van der Waals surface area (Å²) in [5.41, 5.74) is 0.295. The van der Waals surface area contributed by atoms with E-state index in [4.69, 9.17) is 14.2 Å². The van der Waals surface area contributed by atoms with E-state index >= 15 is 21.6 Å². The molecule has 0 unspecified atom stereocenters. The molecule has 7 aromatic rings. The fourth-order valence-electron chi connectivity index (χ4n) is 6.49. The first-order valence-electron chi connectivity index (χ1n) is 17.4. The van der Waals surface area contributed by atoms with Crippen molar-refractivity contribution in [2.24, 2.45) is 0 Å². The molecular formula is C41H35F3N6O6S. The topological polar surface area (TPSA) is 136 Å². The molecule has 0 fully saturated rings. The third kappa shape index (κ3) is 8.22. The zero-order valence-electron chi connectivity index (χ0n) is 30.8. The molecule has 0 N–H and O–H groups in total. The highest BCUT2D eigenvalue weighted by atomic mass is 32.2. The van der Waals surface area contributed by atoms with Crippen LogP contribution in [0.1, 0.15) is 22.3 Å². The van der Waals surface area contributed by atoms with Gasteiger partial charge in [0.25, 0.3) is 0 Å². The molecule has 5 aromatic carbocycles. The highest BCUT2D eigenvalue weighted by Gasteiger charge is 2.43. The van der Waals surface area contributed by atoms with Gasteiger partial charge in [0.05, 0.1) is 39.0 Å². The number of fused-ring (bicyclic) bond motifs is 1. The second-order valence-corrected chi connectivity index (χ2v) is 14.8. The zero-order chi connectivity index (χ0) is 40.3. The van der Waals surface area contributed by atoms with Gasteiger partial charge in [-0.25, -0.2) is 8.42 Å². The summed E-state index contributed by atoms with van der Waals surface area (Å²) in [6, 6.07) is 28.5. The van der Waals surface area contributed by atoms with Gasteiger partial charge >= 0.3 is 6.18 Å². The van der Waals surface area contributed by atoms with Crippen molar-refractivity contribution in [3.05, 3.63) is 149 Å². The highest BCUT2D eigenvalue weighted by molar-refractivity contribution is 7.89. The minimum Gasteiger partial charge on any atom is -0.619 e. The van der Waals surface area contributed by atoms with Gasteiger partial charge in [-0.2, -0.15) is 27.0 Å². The molecule has 0 spiro atoms. The Morgan fingerprint density at radius 1 is 0.737 bits per heavy atom. The second-order valence-electron chi connectivity index (χ2n) is 12.9. The summed E-state index contributed by atoms with van der Waals surface area (Å²) in [6.07, 6.45) is -2.58. The van der Waals surface area contributed by atoms with Gasteiger partial charge in [0.2, 0.25) is 15.8 Å². The van der Waals surface area contributed by atoms with Gasteiger partial charge in [-0.3, -0.25) is 0 Å². The summed E-state index contributed by atoms with van der Waals surface area (Å²) in [5.74, 6) is 1.28. The lowest BCUT2D eigenvalue weighted by Crippen LogP contribution is -2.32. The van der Waals surface area contributed by atoms with Gasteiger partial charge in [0.15, 0.2) is 12.4 Å². The number of benzene rings is 5. The Kier molecular flexibility index (Phi) is 10.8. The molecule has 0 bridgehead atoms. The lowest BCUT2D eigenvalue weighted by atomic mass is 9.93. The average Bonchev–Trinajstić information content (AvgIpc) is 3.68. The lowest BCUT2D eigenvalue weighted by molar-refractivity contribution is -0.603. The van der Waals surface area contributed by atoms with Crippen LogP contribution in [0.2, 0.25) is 0 Å². The number of rotatable bonds is 13. The van der Waals surface area contributed by atoms with Crippen molar-refractivity contribution in [1.29, 1.82) is 0 Å². The Morgan fingerprint density at radius 3 is 1.84 bits per heavy atom. The summed E-state index contributed by atoms with van der Waals surface area (Å²) < 4.78 is 94.0. The zero-order valence-corrected chi connectivity index (χ0v) is 31.7. The van der Waals surface area contributed by atoms with Gasteiger partial charge < -0.3 is 19.4 Å². The Hall–Kier alpha value is -6.52. The number of sulfonamides is 1. The first kappa shape index (κ1) is 38.7. The summed E-state index contributed by atoms with van der Waals surface area (Å²) in [5, 5.41) is 26.0. The van der Waals surface area contributed by atoms with Crippen LogP contribution in [0.5, 0.6) is 17.2 Å². The molecule has 0 aliphatic heterocycles. The number of aromatic nitrogens is 5. The van der Waals surface area contributed by atoms with E-state index in [-0.39, 0.29) is 31.0 Å². The van der Waals surface area contributed by atoms with E-state index in [9.17, 15) is 5.21 Å². The van der Waals surface area contributed by atoms with E-state index in [0.717, 1.165) is 15.9 Å². The minimum absolute atomic E-state index is 0.0617. The normalized spacial score (nSPS) is 11.9. The number of pyridine rings is 1.